The summed E-state index contributed by atoms with van der Waals surface area (Å²) in [6.07, 6.45) is 7.08. The monoisotopic (exact) mass is 404 g/mol. The molecule has 1 aromatic heterocycles. The third kappa shape index (κ3) is 6.52. The molecule has 0 atom stereocenters. The lowest BCUT2D eigenvalue weighted by Gasteiger charge is -2.24. The number of aromatic nitrogens is 1. The average Bonchev–Trinajstić information content (AvgIpc) is 2.70. The van der Waals surface area contributed by atoms with Gasteiger partial charge in [-0.3, -0.25) is 0 Å². The van der Waals surface area contributed by atoms with Crippen LogP contribution in [0.4, 0.5) is 4.79 Å². The molecule has 2 amide bonds. The van der Waals surface area contributed by atoms with Crippen molar-refractivity contribution < 1.29 is 9.53 Å². The van der Waals surface area contributed by atoms with E-state index in [1.807, 2.05) is 26.0 Å². The molecule has 29 heavy (non-hydrogen) atoms. The summed E-state index contributed by atoms with van der Waals surface area (Å²) >= 11 is 0. The number of pyridine rings is 1. The summed E-state index contributed by atoms with van der Waals surface area (Å²) < 4.78 is 6.14. The number of likely N-dealkylation sites (N-methyl/N-ethyl adjacent to an activating group) is 1. The lowest BCUT2D eigenvalue weighted by molar-refractivity contribution is 0.153. The Morgan fingerprint density at radius 3 is 2.55 bits per heavy atom. The number of amides is 2. The predicted octanol–water partition coefficient (Wildman–Crippen LogP) is 2.59. The Morgan fingerprint density at radius 1 is 1.28 bits per heavy atom. The molecule has 0 aliphatic heterocycles. The quantitative estimate of drug-likeness (QED) is 0.454. The molecule has 1 aliphatic rings. The van der Waals surface area contributed by atoms with Crippen molar-refractivity contribution >= 4 is 11.7 Å². The fourth-order valence-electron chi connectivity index (χ4n) is 3.47. The van der Waals surface area contributed by atoms with Crippen LogP contribution in [-0.4, -0.2) is 54.2 Å². The molecule has 0 unspecified atom stereocenters. The van der Waals surface area contributed by atoms with Crippen molar-refractivity contribution in [1.82, 2.24) is 20.2 Å². The van der Waals surface area contributed by atoms with Gasteiger partial charge in [0, 0.05) is 20.6 Å². The van der Waals surface area contributed by atoms with Crippen molar-refractivity contribution in [1.29, 1.82) is 0 Å². The van der Waals surface area contributed by atoms with Crippen molar-refractivity contribution in [3.05, 3.63) is 29.2 Å². The third-order valence-electron chi connectivity index (χ3n) is 5.21. The van der Waals surface area contributed by atoms with E-state index in [2.05, 4.69) is 10.3 Å². The molecule has 1 saturated carbocycles. The zero-order valence-corrected chi connectivity index (χ0v) is 18.2. The van der Waals surface area contributed by atoms with E-state index in [0.29, 0.717) is 23.6 Å². The van der Waals surface area contributed by atoms with Crippen LogP contribution in [0, 0.1) is 6.92 Å². The van der Waals surface area contributed by atoms with Crippen LogP contribution in [0.15, 0.2) is 17.8 Å². The number of hydrogen-bond acceptors (Lipinski definition) is 6. The minimum absolute atomic E-state index is 0.167. The third-order valence-corrected chi connectivity index (χ3v) is 5.21. The summed E-state index contributed by atoms with van der Waals surface area (Å²) in [6, 6.07) is 3.59. The molecule has 0 saturated heterocycles. The summed E-state index contributed by atoms with van der Waals surface area (Å²) in [5, 5.41) is 4.27. The Hall–Kier alpha value is -2.48. The maximum absolute atomic E-state index is 12.2. The number of hydrogen-bond donors (Lipinski definition) is 3. The first-order valence-electron chi connectivity index (χ1n) is 10.4. The fourth-order valence-corrected chi connectivity index (χ4v) is 3.47. The number of carbonyl (C=O) groups excluding carboxylic acids is 1. The first kappa shape index (κ1) is 22.8. The molecular formula is C21H36N6O2. The Balaban J connectivity index is 2.12. The number of nitrogens with zero attached hydrogens (tertiary/aromatic N) is 3. The minimum atomic E-state index is -0.167. The van der Waals surface area contributed by atoms with Crippen LogP contribution in [0.3, 0.4) is 0 Å². The predicted molar refractivity (Wildman–Crippen MR) is 116 cm³/mol. The number of rotatable bonds is 8. The Morgan fingerprint density at radius 2 is 1.97 bits per heavy atom. The number of nitrogens with one attached hydrogen (secondary N) is 1. The van der Waals surface area contributed by atoms with E-state index < -0.39 is 0 Å². The highest BCUT2D eigenvalue weighted by atomic mass is 16.5. The van der Waals surface area contributed by atoms with Crippen molar-refractivity contribution in [2.24, 2.45) is 11.6 Å². The van der Waals surface area contributed by atoms with Gasteiger partial charge >= 0.3 is 6.03 Å². The van der Waals surface area contributed by atoms with E-state index in [1.54, 1.807) is 19.0 Å². The van der Waals surface area contributed by atoms with Crippen molar-refractivity contribution in [3.8, 4) is 5.75 Å². The van der Waals surface area contributed by atoms with Gasteiger partial charge in [0.2, 0.25) is 0 Å². The van der Waals surface area contributed by atoms with Crippen LogP contribution in [0.2, 0.25) is 0 Å². The molecule has 162 valence electrons. The summed E-state index contributed by atoms with van der Waals surface area (Å²) in [7, 11) is 3.45. The molecule has 1 fully saturated rings. The van der Waals surface area contributed by atoms with E-state index in [0.717, 1.165) is 30.7 Å². The standard InChI is InChI=1S/C21H36N6O2/c1-5-13-26(3)21(28)24-14-18(27(4)23)20(22)17-11-12-19(15(2)25-17)29-16-9-7-6-8-10-16/h11-12,16H,5-10,13-14,22-23H2,1-4H3,(H,24,28)/b20-18-. The Labute approximate surface area is 174 Å². The molecule has 1 aromatic rings. The molecule has 0 spiro atoms. The molecule has 2 rings (SSSR count). The number of aryl methyl sites for hydroxylation is 1. The topological polar surface area (TPSA) is 110 Å². The van der Waals surface area contributed by atoms with Gasteiger partial charge in [-0.15, -0.1) is 0 Å². The van der Waals surface area contributed by atoms with Gasteiger partial charge in [-0.25, -0.2) is 15.6 Å². The second kappa shape index (κ2) is 10.9. The highest BCUT2D eigenvalue weighted by Crippen LogP contribution is 2.26. The van der Waals surface area contributed by atoms with Gasteiger partial charge in [0.05, 0.1) is 35.4 Å². The molecular weight excluding hydrogens is 368 g/mol. The van der Waals surface area contributed by atoms with Gasteiger partial charge in [0.1, 0.15) is 5.75 Å². The fraction of sp³-hybridized carbons (Fsp3) is 0.619. The molecule has 8 nitrogen and oxygen atoms in total. The summed E-state index contributed by atoms with van der Waals surface area (Å²) in [5.41, 5.74) is 8.79. The molecule has 5 N–H and O–H groups in total. The van der Waals surface area contributed by atoms with Gasteiger partial charge < -0.3 is 25.7 Å². The van der Waals surface area contributed by atoms with Crippen LogP contribution in [0.5, 0.6) is 5.75 Å². The van der Waals surface area contributed by atoms with E-state index in [9.17, 15) is 4.79 Å². The zero-order valence-electron chi connectivity index (χ0n) is 18.2. The summed E-state index contributed by atoms with van der Waals surface area (Å²) in [5.74, 6) is 6.76. The minimum Gasteiger partial charge on any atom is -0.489 e. The Kier molecular flexibility index (Phi) is 8.57. The number of urea groups is 1. The molecule has 1 aliphatic carbocycles. The van der Waals surface area contributed by atoms with Crippen LogP contribution in [-0.2, 0) is 0 Å². The Bertz CT molecular complexity index is 713. The van der Waals surface area contributed by atoms with Gasteiger partial charge in [-0.2, -0.15) is 0 Å². The zero-order chi connectivity index (χ0) is 21.4. The SMILES string of the molecule is CCCN(C)C(=O)NC/C(=C(/N)c1ccc(OC2CCCCC2)c(C)n1)N(C)N. The smallest absolute Gasteiger partial charge is 0.317 e. The number of hydrazine groups is 1. The normalized spacial score (nSPS) is 15.5. The van der Waals surface area contributed by atoms with Crippen LogP contribution >= 0.6 is 0 Å². The largest absolute Gasteiger partial charge is 0.489 e. The lowest BCUT2D eigenvalue weighted by Crippen LogP contribution is -2.42. The highest BCUT2D eigenvalue weighted by molar-refractivity contribution is 5.74. The van der Waals surface area contributed by atoms with E-state index in [4.69, 9.17) is 16.3 Å². The van der Waals surface area contributed by atoms with E-state index in [-0.39, 0.29) is 18.7 Å². The molecule has 0 bridgehead atoms. The maximum atomic E-state index is 12.2. The summed E-state index contributed by atoms with van der Waals surface area (Å²) in [6.45, 7) is 4.84. The second-order valence-corrected chi connectivity index (χ2v) is 7.71. The number of ether oxygens (including phenoxy) is 1. The van der Waals surface area contributed by atoms with Crippen molar-refractivity contribution in [3.63, 3.8) is 0 Å². The summed E-state index contributed by atoms with van der Waals surface area (Å²) in [4.78, 5) is 18.4. The second-order valence-electron chi connectivity index (χ2n) is 7.71. The van der Waals surface area contributed by atoms with Crippen LogP contribution in [0.1, 0.15) is 56.8 Å². The first-order valence-corrected chi connectivity index (χ1v) is 10.4. The van der Waals surface area contributed by atoms with Crippen LogP contribution in [0.25, 0.3) is 5.70 Å². The van der Waals surface area contributed by atoms with E-state index in [1.165, 1.54) is 24.3 Å². The van der Waals surface area contributed by atoms with E-state index >= 15 is 0 Å². The maximum Gasteiger partial charge on any atom is 0.317 e. The number of carbonyl (C=O) groups is 1. The number of nitrogens with two attached hydrogens (primary N) is 2. The highest BCUT2D eigenvalue weighted by Gasteiger charge is 2.18. The van der Waals surface area contributed by atoms with Gasteiger partial charge in [-0.05, 0) is 51.2 Å². The first-order chi connectivity index (χ1) is 13.8. The molecule has 0 aromatic carbocycles. The van der Waals surface area contributed by atoms with Gasteiger partial charge in [0.25, 0.3) is 0 Å². The average molecular weight is 405 g/mol. The lowest BCUT2D eigenvalue weighted by atomic mass is 9.98. The molecule has 8 heteroatoms. The van der Waals surface area contributed by atoms with Gasteiger partial charge in [-0.1, -0.05) is 13.3 Å². The molecule has 0 radical (unpaired) electrons. The van der Waals surface area contributed by atoms with Crippen molar-refractivity contribution in [2.75, 3.05) is 27.2 Å². The molecule has 1 heterocycles. The van der Waals surface area contributed by atoms with Gasteiger partial charge in [0.15, 0.2) is 0 Å². The van der Waals surface area contributed by atoms with Crippen LogP contribution < -0.4 is 21.6 Å². The van der Waals surface area contributed by atoms with Crippen molar-refractivity contribution in [2.45, 2.75) is 58.5 Å².